The van der Waals surface area contributed by atoms with Gasteiger partial charge in [-0.25, -0.2) is 0 Å². The van der Waals surface area contributed by atoms with Gasteiger partial charge < -0.3 is 47.4 Å². The van der Waals surface area contributed by atoms with Crippen LogP contribution in [0.3, 0.4) is 0 Å². The molecule has 10 nitrogen and oxygen atoms in total. The number of ether oxygens (including phenoxy) is 10. The number of rotatable bonds is 12. The van der Waals surface area contributed by atoms with Crippen LogP contribution in [0.2, 0.25) is 38.3 Å². The smallest absolute Gasteiger partial charge is 0.150 e. The topological polar surface area (TPSA) is 92.3 Å². The van der Waals surface area contributed by atoms with E-state index < -0.39 is 14.8 Å². The molecule has 8 rings (SSSR count). The van der Waals surface area contributed by atoms with Crippen LogP contribution in [0.5, 0.6) is 23.0 Å². The summed E-state index contributed by atoms with van der Waals surface area (Å²) in [5, 5.41) is 3.90. The van der Waals surface area contributed by atoms with Crippen LogP contribution in [-0.4, -0.2) is 119 Å². The lowest BCUT2D eigenvalue weighted by Gasteiger charge is -2.29. The van der Waals surface area contributed by atoms with Gasteiger partial charge in [-0.1, -0.05) is 99.0 Å². The van der Waals surface area contributed by atoms with Crippen molar-refractivity contribution in [1.29, 1.82) is 0 Å². The molecule has 0 saturated heterocycles. The molecule has 14 heteroatoms. The van der Waals surface area contributed by atoms with Gasteiger partial charge in [0.25, 0.3) is 0 Å². The Morgan fingerprint density at radius 1 is 0.444 bits per heavy atom. The highest BCUT2D eigenvalue weighted by atomic mass is 35.6. The second-order valence-electron chi connectivity index (χ2n) is 19.6. The Kier molecular flexibility index (Phi) is 20.2. The minimum Gasteiger partial charge on any atom is -0.493 e. The van der Waals surface area contributed by atoms with Crippen LogP contribution in [-0.2, 0) is 28.4 Å². The minimum absolute atomic E-state index is 0.236. The second kappa shape index (κ2) is 26.9. The zero-order chi connectivity index (χ0) is 50.2. The summed E-state index contributed by atoms with van der Waals surface area (Å²) in [5.41, 5.74) is 5.65. The molecule has 0 fully saturated rings. The molecular weight excluding hydrogens is 984 g/mol. The number of benzene rings is 6. The maximum atomic E-state index is 7.11. The predicted molar refractivity (Wildman–Crippen MR) is 297 cm³/mol. The van der Waals surface area contributed by atoms with Crippen molar-refractivity contribution in [2.75, 3.05) is 92.5 Å². The maximum absolute atomic E-state index is 7.11. The fourth-order valence-electron chi connectivity index (χ4n) is 9.31. The standard InChI is InChI=1S/C58H72Cl2O10Si2/c1-71(2,59)37-11-23-67-53-21-25-65-47-19-17-45-39-51(43-13-7-5-8-14-43)57-55(49(45)41-47)56-50-42-48(66-26-22-54(53)68-24-12-38-72(3,4)60)20-18-46(50)40-52(44-15-9-6-10-16-44)58(56)70-36-34-64-32-30-62-28-27-61-29-31-63-33-35-69-57/h5-10,13-20,39-42,53-54H,11-12,21-38H2,1-4H3/t53-,54-/m1/s1. The first kappa shape index (κ1) is 54.1. The lowest BCUT2D eigenvalue weighted by atomic mass is 9.86. The Bertz CT molecular complexity index is 2440. The van der Waals surface area contributed by atoms with Gasteiger partial charge in [-0.2, -0.15) is 22.2 Å². The summed E-state index contributed by atoms with van der Waals surface area (Å²) in [4.78, 5) is 0. The third-order valence-corrected chi connectivity index (χ3v) is 17.1. The Labute approximate surface area is 437 Å². The van der Waals surface area contributed by atoms with Crippen LogP contribution in [0.15, 0.2) is 109 Å². The van der Waals surface area contributed by atoms with Crippen molar-refractivity contribution in [2.24, 2.45) is 0 Å². The first-order chi connectivity index (χ1) is 35.0. The molecule has 2 aliphatic heterocycles. The Hall–Kier alpha value is -4.19. The molecule has 0 aromatic heterocycles. The van der Waals surface area contributed by atoms with Gasteiger partial charge in [0.15, 0.2) is 14.8 Å². The van der Waals surface area contributed by atoms with E-state index in [4.69, 9.17) is 69.5 Å². The lowest BCUT2D eigenvalue weighted by molar-refractivity contribution is -0.0860. The molecule has 386 valence electrons. The minimum atomic E-state index is -1.77. The molecule has 0 amide bonds. The highest BCUT2D eigenvalue weighted by molar-refractivity contribution is 7.19. The first-order valence-corrected chi connectivity index (χ1v) is 34.2. The van der Waals surface area contributed by atoms with Crippen molar-refractivity contribution in [3.8, 4) is 56.4 Å². The van der Waals surface area contributed by atoms with Crippen molar-refractivity contribution in [3.05, 3.63) is 109 Å². The van der Waals surface area contributed by atoms with E-state index in [-0.39, 0.29) is 25.4 Å². The molecule has 6 aromatic carbocycles. The van der Waals surface area contributed by atoms with Crippen molar-refractivity contribution in [3.63, 3.8) is 0 Å². The Morgan fingerprint density at radius 3 is 1.19 bits per heavy atom. The van der Waals surface area contributed by atoms with Crippen LogP contribution >= 0.6 is 22.2 Å². The molecule has 4 bridgehead atoms. The highest BCUT2D eigenvalue weighted by Gasteiger charge is 2.29. The zero-order valence-electron chi connectivity index (χ0n) is 42.5. The summed E-state index contributed by atoms with van der Waals surface area (Å²) < 4.78 is 65.1. The lowest BCUT2D eigenvalue weighted by Crippen LogP contribution is -2.35. The van der Waals surface area contributed by atoms with Gasteiger partial charge in [-0.15, -0.1) is 0 Å². The van der Waals surface area contributed by atoms with E-state index in [2.05, 4.69) is 123 Å². The predicted octanol–water partition coefficient (Wildman–Crippen LogP) is 13.8. The van der Waals surface area contributed by atoms with Gasteiger partial charge >= 0.3 is 0 Å². The largest absolute Gasteiger partial charge is 0.493 e. The quantitative estimate of drug-likeness (QED) is 0.0670. The molecule has 2 aliphatic rings. The van der Waals surface area contributed by atoms with Gasteiger partial charge in [0, 0.05) is 48.3 Å². The second-order valence-corrected chi connectivity index (χ2v) is 33.7. The summed E-state index contributed by atoms with van der Waals surface area (Å²) in [6.45, 7) is 14.7. The van der Waals surface area contributed by atoms with Crippen molar-refractivity contribution >= 4 is 58.5 Å². The van der Waals surface area contributed by atoms with E-state index in [0.29, 0.717) is 104 Å². The maximum Gasteiger partial charge on any atom is 0.150 e. The molecule has 0 N–H and O–H groups in total. The normalized spacial score (nSPS) is 18.3. The summed E-state index contributed by atoms with van der Waals surface area (Å²) in [5.74, 6) is 2.86. The van der Waals surface area contributed by atoms with Crippen molar-refractivity contribution in [1.82, 2.24) is 0 Å². The number of hydrogen-bond acceptors (Lipinski definition) is 10. The zero-order valence-corrected chi connectivity index (χ0v) is 46.0. The molecule has 0 unspecified atom stereocenters. The van der Waals surface area contributed by atoms with Gasteiger partial charge in [0.1, 0.15) is 36.2 Å². The molecule has 72 heavy (non-hydrogen) atoms. The summed E-state index contributed by atoms with van der Waals surface area (Å²) in [7, 11) is -3.55. The van der Waals surface area contributed by atoms with E-state index in [1.807, 2.05) is 12.1 Å². The van der Waals surface area contributed by atoms with Crippen molar-refractivity contribution in [2.45, 2.75) is 76.2 Å². The fourth-order valence-corrected chi connectivity index (χ4v) is 12.1. The van der Waals surface area contributed by atoms with Crippen LogP contribution in [0.4, 0.5) is 0 Å². The van der Waals surface area contributed by atoms with Gasteiger partial charge in [0.2, 0.25) is 0 Å². The summed E-state index contributed by atoms with van der Waals surface area (Å²) >= 11 is 13.5. The number of fused-ring (bicyclic) bond motifs is 2. The molecule has 2 heterocycles. The average molecular weight is 1060 g/mol. The molecule has 0 aliphatic carbocycles. The fraction of sp³-hybridized carbons (Fsp3) is 0.448. The highest BCUT2D eigenvalue weighted by Crippen LogP contribution is 2.53. The van der Waals surface area contributed by atoms with Crippen LogP contribution in [0.25, 0.3) is 54.9 Å². The van der Waals surface area contributed by atoms with Crippen molar-refractivity contribution < 1.29 is 47.4 Å². The van der Waals surface area contributed by atoms with Crippen LogP contribution in [0.1, 0.15) is 25.7 Å². The molecule has 0 spiro atoms. The number of hydrogen-bond donors (Lipinski definition) is 0. The van der Waals surface area contributed by atoms with Gasteiger partial charge in [-0.3, -0.25) is 0 Å². The molecule has 0 saturated carbocycles. The van der Waals surface area contributed by atoms with E-state index in [1.54, 1.807) is 0 Å². The molecule has 0 radical (unpaired) electrons. The van der Waals surface area contributed by atoms with Crippen LogP contribution < -0.4 is 18.9 Å². The SMILES string of the molecule is C[Si](C)(Cl)CCCO[C@@H]1CCOc2ccc3cc(-c4ccccc4)c4c(c3c2)-c2c(c(-c3ccccc3)cc3ccc(cc23)OCC[C@H]1OCCC[Si](C)(C)Cl)OCCOCCOCCOCCOCCO4. The molecule has 2 atom stereocenters. The van der Waals surface area contributed by atoms with E-state index in [1.165, 1.54) is 0 Å². The first-order valence-electron chi connectivity index (χ1n) is 25.8. The van der Waals surface area contributed by atoms with E-state index in [9.17, 15) is 0 Å². The Balaban J connectivity index is 1.31. The molecular formula is C58H72Cl2O10Si2. The number of halogens is 2. The van der Waals surface area contributed by atoms with Crippen LogP contribution in [0, 0.1) is 0 Å². The van der Waals surface area contributed by atoms with E-state index in [0.717, 1.165) is 91.4 Å². The summed E-state index contributed by atoms with van der Waals surface area (Å²) in [6.07, 6.45) is 2.52. The van der Waals surface area contributed by atoms with Gasteiger partial charge in [0.05, 0.1) is 78.3 Å². The molecule has 6 aromatic rings. The van der Waals surface area contributed by atoms with E-state index >= 15 is 0 Å². The summed E-state index contributed by atoms with van der Waals surface area (Å²) in [6, 6.07) is 39.9. The van der Waals surface area contributed by atoms with Gasteiger partial charge in [-0.05, 0) is 94.0 Å². The third kappa shape index (κ3) is 15.7. The average Bonchev–Trinajstić information content (AvgIpc) is 3.36. The Morgan fingerprint density at radius 2 is 0.819 bits per heavy atom. The monoisotopic (exact) mass is 1050 g/mol. The third-order valence-electron chi connectivity index (χ3n) is 12.9.